The molecule has 6 heteroatoms. The van der Waals surface area contributed by atoms with E-state index in [-0.39, 0.29) is 11.8 Å². The summed E-state index contributed by atoms with van der Waals surface area (Å²) >= 11 is 6.04. The molecule has 2 N–H and O–H groups in total. The highest BCUT2D eigenvalue weighted by atomic mass is 35.5. The van der Waals surface area contributed by atoms with E-state index in [4.69, 9.17) is 11.6 Å². The van der Waals surface area contributed by atoms with Crippen molar-refractivity contribution >= 4 is 29.1 Å². The molecule has 0 radical (unpaired) electrons. The van der Waals surface area contributed by atoms with Crippen molar-refractivity contribution in [3.8, 4) is 0 Å². The molecule has 116 valence electrons. The lowest BCUT2D eigenvalue weighted by atomic mass is 9.68. The van der Waals surface area contributed by atoms with Crippen LogP contribution in [0.1, 0.15) is 30.0 Å². The van der Waals surface area contributed by atoms with Gasteiger partial charge in [0.1, 0.15) is 5.41 Å². The van der Waals surface area contributed by atoms with E-state index in [2.05, 4.69) is 15.6 Å². The van der Waals surface area contributed by atoms with Gasteiger partial charge in [-0.05, 0) is 35.7 Å². The second-order valence-corrected chi connectivity index (χ2v) is 6.34. The first-order valence-electron chi connectivity index (χ1n) is 7.42. The van der Waals surface area contributed by atoms with Gasteiger partial charge in [0.05, 0.1) is 6.04 Å². The maximum absolute atomic E-state index is 12.9. The molecule has 2 amide bonds. The lowest BCUT2D eigenvalue weighted by Gasteiger charge is -2.40. The predicted octanol–water partition coefficient (Wildman–Crippen LogP) is 2.58. The number of halogens is 1. The monoisotopic (exact) mass is 327 g/mol. The van der Waals surface area contributed by atoms with Crippen LogP contribution < -0.4 is 10.6 Å². The van der Waals surface area contributed by atoms with Gasteiger partial charge in [-0.15, -0.1) is 0 Å². The molecule has 0 saturated carbocycles. The molecule has 0 bridgehead atoms. The van der Waals surface area contributed by atoms with Crippen molar-refractivity contribution in [1.29, 1.82) is 0 Å². The average Bonchev–Trinajstić information content (AvgIpc) is 2.82. The van der Waals surface area contributed by atoms with Gasteiger partial charge in [0.2, 0.25) is 11.8 Å². The van der Waals surface area contributed by atoms with Crippen LogP contribution in [0.5, 0.6) is 0 Å². The van der Waals surface area contributed by atoms with Crippen LogP contribution in [0, 0.1) is 0 Å². The Morgan fingerprint density at radius 1 is 1.26 bits per heavy atom. The number of benzene rings is 1. The van der Waals surface area contributed by atoms with Crippen LogP contribution in [-0.2, 0) is 15.0 Å². The Balaban J connectivity index is 1.91. The second kappa shape index (κ2) is 5.06. The van der Waals surface area contributed by atoms with Crippen molar-refractivity contribution in [2.45, 2.75) is 24.3 Å². The van der Waals surface area contributed by atoms with Gasteiger partial charge < -0.3 is 10.6 Å². The molecule has 4 rings (SSSR count). The Labute approximate surface area is 138 Å². The Bertz CT molecular complexity index is 809. The molecule has 1 fully saturated rings. The minimum atomic E-state index is -0.823. The smallest absolute Gasteiger partial charge is 0.237 e. The van der Waals surface area contributed by atoms with Crippen molar-refractivity contribution in [1.82, 2.24) is 10.3 Å². The van der Waals surface area contributed by atoms with Gasteiger partial charge in [-0.2, -0.15) is 0 Å². The summed E-state index contributed by atoms with van der Waals surface area (Å²) in [7, 11) is 0. The number of fused-ring (bicyclic) bond motifs is 2. The first-order valence-corrected chi connectivity index (χ1v) is 7.80. The number of hydrogen-bond acceptors (Lipinski definition) is 3. The number of pyridine rings is 1. The number of aromatic nitrogens is 1. The molecular formula is C17H14ClN3O2. The number of hydrogen-bond donors (Lipinski definition) is 2. The Morgan fingerprint density at radius 2 is 2.13 bits per heavy atom. The predicted molar refractivity (Wildman–Crippen MR) is 86.1 cm³/mol. The lowest BCUT2D eigenvalue weighted by molar-refractivity contribution is -0.130. The molecule has 3 heterocycles. The van der Waals surface area contributed by atoms with Gasteiger partial charge in [0.25, 0.3) is 0 Å². The topological polar surface area (TPSA) is 71.1 Å². The number of anilines is 1. The highest BCUT2D eigenvalue weighted by Crippen LogP contribution is 2.51. The van der Waals surface area contributed by atoms with Crippen molar-refractivity contribution in [2.75, 3.05) is 5.32 Å². The SMILES string of the molecule is O=C1CC[C@]2(C(=O)Nc3cc(Cl)ccc32)[C@@H](c2cccnc2)N1. The number of carbonyl (C=O) groups excluding carboxylic acids is 2. The number of nitrogens with one attached hydrogen (secondary N) is 2. The minimum absolute atomic E-state index is 0.0558. The standard InChI is InChI=1S/C17H14ClN3O2/c18-11-3-4-12-13(8-11)20-16(23)17(12)6-5-14(22)21-15(17)10-2-1-7-19-9-10/h1-4,7-9,15H,5-6H2,(H,20,23)(H,21,22)/t15-,17-/m1/s1. The van der Waals surface area contributed by atoms with Crippen LogP contribution in [0.4, 0.5) is 5.69 Å². The molecule has 0 aliphatic carbocycles. The normalized spacial score (nSPS) is 25.9. The quantitative estimate of drug-likeness (QED) is 0.845. The molecule has 2 aliphatic heterocycles. The van der Waals surface area contributed by atoms with E-state index >= 15 is 0 Å². The zero-order valence-electron chi connectivity index (χ0n) is 12.2. The van der Waals surface area contributed by atoms with Crippen LogP contribution in [-0.4, -0.2) is 16.8 Å². The van der Waals surface area contributed by atoms with Crippen LogP contribution in [0.15, 0.2) is 42.7 Å². The number of nitrogens with zero attached hydrogens (tertiary/aromatic N) is 1. The Morgan fingerprint density at radius 3 is 2.91 bits per heavy atom. The van der Waals surface area contributed by atoms with Crippen LogP contribution in [0.2, 0.25) is 5.02 Å². The summed E-state index contributed by atoms with van der Waals surface area (Å²) in [6.07, 6.45) is 4.13. The molecule has 5 nitrogen and oxygen atoms in total. The third-order valence-corrected chi connectivity index (χ3v) is 4.91. The van der Waals surface area contributed by atoms with Crippen LogP contribution in [0.3, 0.4) is 0 Å². The van der Waals surface area contributed by atoms with E-state index in [1.165, 1.54) is 0 Å². The van der Waals surface area contributed by atoms with Crippen LogP contribution >= 0.6 is 11.6 Å². The highest BCUT2D eigenvalue weighted by molar-refractivity contribution is 6.31. The zero-order valence-corrected chi connectivity index (χ0v) is 12.9. The average molecular weight is 328 g/mol. The molecule has 1 aromatic heterocycles. The summed E-state index contributed by atoms with van der Waals surface area (Å²) in [5.41, 5.74) is 1.59. The number of piperidine rings is 1. The summed E-state index contributed by atoms with van der Waals surface area (Å²) < 4.78 is 0. The lowest BCUT2D eigenvalue weighted by Crippen LogP contribution is -2.52. The summed E-state index contributed by atoms with van der Waals surface area (Å²) in [5.74, 6) is -0.164. The number of carbonyl (C=O) groups is 2. The van der Waals surface area contributed by atoms with E-state index in [1.807, 2.05) is 12.1 Å². The fraction of sp³-hybridized carbons (Fsp3) is 0.235. The molecule has 2 aromatic rings. The van der Waals surface area contributed by atoms with E-state index < -0.39 is 11.5 Å². The van der Waals surface area contributed by atoms with E-state index in [1.54, 1.807) is 30.6 Å². The third-order valence-electron chi connectivity index (χ3n) is 4.68. The van der Waals surface area contributed by atoms with Gasteiger partial charge >= 0.3 is 0 Å². The molecule has 0 unspecified atom stereocenters. The fourth-order valence-corrected chi connectivity index (χ4v) is 3.80. The second-order valence-electron chi connectivity index (χ2n) is 5.90. The van der Waals surface area contributed by atoms with Crippen LogP contribution in [0.25, 0.3) is 0 Å². The van der Waals surface area contributed by atoms with E-state index in [0.717, 1.165) is 11.1 Å². The zero-order chi connectivity index (χ0) is 16.0. The molecule has 1 saturated heterocycles. The highest BCUT2D eigenvalue weighted by Gasteiger charge is 2.55. The summed E-state index contributed by atoms with van der Waals surface area (Å²) in [6, 6.07) is 8.64. The fourth-order valence-electron chi connectivity index (χ4n) is 3.63. The maximum atomic E-state index is 12.9. The number of amides is 2. The minimum Gasteiger partial charge on any atom is -0.348 e. The molecule has 23 heavy (non-hydrogen) atoms. The number of rotatable bonds is 1. The molecule has 1 spiro atoms. The van der Waals surface area contributed by atoms with E-state index in [0.29, 0.717) is 23.6 Å². The van der Waals surface area contributed by atoms with Crippen molar-refractivity contribution in [3.05, 3.63) is 58.9 Å². The van der Waals surface area contributed by atoms with Gasteiger partial charge in [0.15, 0.2) is 0 Å². The maximum Gasteiger partial charge on any atom is 0.237 e. The van der Waals surface area contributed by atoms with Gasteiger partial charge in [-0.3, -0.25) is 14.6 Å². The molecule has 1 aromatic carbocycles. The Hall–Kier alpha value is -2.40. The Kier molecular flexibility index (Phi) is 3.13. The molecule has 2 atom stereocenters. The van der Waals surface area contributed by atoms with Gasteiger partial charge in [-0.25, -0.2) is 0 Å². The van der Waals surface area contributed by atoms with Gasteiger partial charge in [0, 0.05) is 29.5 Å². The van der Waals surface area contributed by atoms with Crippen molar-refractivity contribution < 1.29 is 9.59 Å². The van der Waals surface area contributed by atoms with Gasteiger partial charge in [-0.1, -0.05) is 23.7 Å². The van der Waals surface area contributed by atoms with E-state index in [9.17, 15) is 9.59 Å². The molecule has 2 aliphatic rings. The molecular weight excluding hydrogens is 314 g/mol. The first kappa shape index (κ1) is 14.2. The summed E-state index contributed by atoms with van der Waals surface area (Å²) in [4.78, 5) is 29.0. The van der Waals surface area contributed by atoms with Crippen molar-refractivity contribution in [2.24, 2.45) is 0 Å². The van der Waals surface area contributed by atoms with Crippen molar-refractivity contribution in [3.63, 3.8) is 0 Å². The third kappa shape index (κ3) is 2.04. The largest absolute Gasteiger partial charge is 0.348 e. The summed E-state index contributed by atoms with van der Waals surface area (Å²) in [6.45, 7) is 0. The first-order chi connectivity index (χ1) is 11.1. The summed E-state index contributed by atoms with van der Waals surface area (Å²) in [5, 5.41) is 6.47.